The quantitative estimate of drug-likeness (QED) is 0.538. The maximum Gasteiger partial charge on any atom is 0.315 e. The van der Waals surface area contributed by atoms with E-state index in [4.69, 9.17) is 10.8 Å². The van der Waals surface area contributed by atoms with Crippen molar-refractivity contribution < 1.29 is 19.5 Å². The first kappa shape index (κ1) is 16.2. The number of urea groups is 1. The Kier molecular flexibility index (Phi) is 5.61. The zero-order chi connectivity index (χ0) is 14.5. The number of hydrogen-bond donors (Lipinski definition) is 4. The number of carboxylic acids is 1. The highest BCUT2D eigenvalue weighted by Gasteiger charge is 2.27. The zero-order valence-corrected chi connectivity index (χ0v) is 11.1. The van der Waals surface area contributed by atoms with E-state index in [1.807, 2.05) is 0 Å². The molecule has 0 aliphatic rings. The summed E-state index contributed by atoms with van der Waals surface area (Å²) in [5.74, 6) is -1.79. The largest absolute Gasteiger partial charge is 0.481 e. The van der Waals surface area contributed by atoms with Crippen LogP contribution in [0.25, 0.3) is 0 Å². The van der Waals surface area contributed by atoms with Crippen molar-refractivity contribution in [1.29, 1.82) is 0 Å². The zero-order valence-electron chi connectivity index (χ0n) is 11.1. The molecule has 0 radical (unpaired) electrons. The van der Waals surface area contributed by atoms with Gasteiger partial charge in [-0.2, -0.15) is 0 Å². The lowest BCUT2D eigenvalue weighted by atomic mass is 10.0. The molecule has 0 spiro atoms. The summed E-state index contributed by atoms with van der Waals surface area (Å²) in [5.41, 5.74) is 4.25. The topological polar surface area (TPSA) is 122 Å². The summed E-state index contributed by atoms with van der Waals surface area (Å²) >= 11 is 0. The Morgan fingerprint density at radius 3 is 2.11 bits per heavy atom. The van der Waals surface area contributed by atoms with Crippen LogP contribution in [0.3, 0.4) is 0 Å². The molecule has 0 aromatic carbocycles. The standard InChI is InChI=1S/C11H21N3O4/c1-6(2)8(9(12)17)13-10(18)14-11(3,4)5-7(15)16/h6,8H,5H2,1-4H3,(H2,12,17)(H,15,16)(H2,13,14,18). The number of carboxylic acid groups (broad SMARTS) is 1. The first-order valence-electron chi connectivity index (χ1n) is 5.65. The first-order chi connectivity index (χ1) is 8.05. The minimum atomic E-state index is -1.02. The molecule has 0 saturated carbocycles. The second kappa shape index (κ2) is 6.23. The summed E-state index contributed by atoms with van der Waals surface area (Å²) < 4.78 is 0. The van der Waals surface area contributed by atoms with Crippen molar-refractivity contribution in [2.75, 3.05) is 0 Å². The third kappa shape index (κ3) is 6.07. The smallest absolute Gasteiger partial charge is 0.315 e. The van der Waals surface area contributed by atoms with Crippen LogP contribution in [0.5, 0.6) is 0 Å². The molecule has 7 heteroatoms. The molecule has 1 atom stereocenters. The molecule has 5 N–H and O–H groups in total. The number of carbonyl (C=O) groups is 3. The third-order valence-electron chi connectivity index (χ3n) is 2.30. The van der Waals surface area contributed by atoms with Gasteiger partial charge in [0.05, 0.1) is 6.42 Å². The van der Waals surface area contributed by atoms with E-state index in [-0.39, 0.29) is 12.3 Å². The van der Waals surface area contributed by atoms with Crippen molar-refractivity contribution in [3.8, 4) is 0 Å². The molecule has 0 rings (SSSR count). The number of rotatable bonds is 6. The number of nitrogens with two attached hydrogens (primary N) is 1. The Hall–Kier alpha value is -1.79. The Labute approximate surface area is 106 Å². The number of hydrogen-bond acceptors (Lipinski definition) is 3. The van der Waals surface area contributed by atoms with Gasteiger partial charge in [0, 0.05) is 5.54 Å². The van der Waals surface area contributed by atoms with E-state index in [2.05, 4.69) is 10.6 Å². The second-order valence-electron chi connectivity index (χ2n) is 5.18. The van der Waals surface area contributed by atoms with E-state index in [1.165, 1.54) is 0 Å². The van der Waals surface area contributed by atoms with Gasteiger partial charge in [-0.05, 0) is 19.8 Å². The molecule has 0 aliphatic heterocycles. The summed E-state index contributed by atoms with van der Waals surface area (Å²) in [6.07, 6.45) is -0.219. The number of primary amides is 1. The van der Waals surface area contributed by atoms with Crippen molar-refractivity contribution in [2.45, 2.75) is 45.7 Å². The van der Waals surface area contributed by atoms with E-state index < -0.39 is 29.5 Å². The molecular weight excluding hydrogens is 238 g/mol. The number of nitrogens with one attached hydrogen (secondary N) is 2. The summed E-state index contributed by atoms with van der Waals surface area (Å²) in [5, 5.41) is 13.6. The molecule has 0 aromatic heterocycles. The molecule has 1 unspecified atom stereocenters. The van der Waals surface area contributed by atoms with Gasteiger partial charge >= 0.3 is 12.0 Å². The number of aliphatic carboxylic acids is 1. The monoisotopic (exact) mass is 259 g/mol. The normalized spacial score (nSPS) is 12.9. The van der Waals surface area contributed by atoms with Gasteiger partial charge in [-0.25, -0.2) is 4.79 Å². The van der Waals surface area contributed by atoms with Crippen molar-refractivity contribution in [3.63, 3.8) is 0 Å². The van der Waals surface area contributed by atoms with Crippen LogP contribution < -0.4 is 16.4 Å². The first-order valence-corrected chi connectivity index (χ1v) is 5.65. The Morgan fingerprint density at radius 2 is 1.78 bits per heavy atom. The van der Waals surface area contributed by atoms with Gasteiger partial charge in [-0.3, -0.25) is 9.59 Å². The van der Waals surface area contributed by atoms with Gasteiger partial charge in [0.15, 0.2) is 0 Å². The lowest BCUT2D eigenvalue weighted by Crippen LogP contribution is -2.55. The average molecular weight is 259 g/mol. The molecular formula is C11H21N3O4. The average Bonchev–Trinajstić information content (AvgIpc) is 2.09. The van der Waals surface area contributed by atoms with Gasteiger partial charge in [-0.15, -0.1) is 0 Å². The Morgan fingerprint density at radius 1 is 1.28 bits per heavy atom. The molecule has 0 aliphatic carbocycles. The molecule has 104 valence electrons. The molecule has 7 nitrogen and oxygen atoms in total. The van der Waals surface area contributed by atoms with Crippen LogP contribution in [0, 0.1) is 5.92 Å². The van der Waals surface area contributed by atoms with Crippen LogP contribution >= 0.6 is 0 Å². The van der Waals surface area contributed by atoms with E-state index in [1.54, 1.807) is 27.7 Å². The lowest BCUT2D eigenvalue weighted by molar-refractivity contribution is -0.138. The fraction of sp³-hybridized carbons (Fsp3) is 0.727. The molecule has 0 bridgehead atoms. The highest BCUT2D eigenvalue weighted by atomic mass is 16.4. The van der Waals surface area contributed by atoms with Crippen LogP contribution in [0.2, 0.25) is 0 Å². The number of amides is 3. The minimum Gasteiger partial charge on any atom is -0.481 e. The van der Waals surface area contributed by atoms with Crippen LogP contribution in [0.15, 0.2) is 0 Å². The van der Waals surface area contributed by atoms with Crippen LogP contribution in [-0.4, -0.2) is 34.6 Å². The molecule has 0 heterocycles. The van der Waals surface area contributed by atoms with E-state index in [9.17, 15) is 14.4 Å². The predicted octanol–water partition coefficient (Wildman–Crippen LogP) is 0.0488. The van der Waals surface area contributed by atoms with Crippen molar-refractivity contribution in [3.05, 3.63) is 0 Å². The fourth-order valence-corrected chi connectivity index (χ4v) is 1.47. The fourth-order valence-electron chi connectivity index (χ4n) is 1.47. The lowest BCUT2D eigenvalue weighted by Gasteiger charge is -2.26. The third-order valence-corrected chi connectivity index (χ3v) is 2.30. The van der Waals surface area contributed by atoms with E-state index in [0.717, 1.165) is 0 Å². The van der Waals surface area contributed by atoms with Crippen molar-refractivity contribution in [2.24, 2.45) is 11.7 Å². The summed E-state index contributed by atoms with van der Waals surface area (Å²) in [6, 6.07) is -1.40. The van der Waals surface area contributed by atoms with E-state index in [0.29, 0.717) is 0 Å². The predicted molar refractivity (Wildman–Crippen MR) is 65.8 cm³/mol. The number of carbonyl (C=O) groups excluding carboxylic acids is 2. The van der Waals surface area contributed by atoms with Gasteiger partial charge in [0.25, 0.3) is 0 Å². The van der Waals surface area contributed by atoms with Gasteiger partial charge in [0.1, 0.15) is 6.04 Å². The van der Waals surface area contributed by atoms with Crippen molar-refractivity contribution >= 4 is 17.9 Å². The molecule has 18 heavy (non-hydrogen) atoms. The van der Waals surface area contributed by atoms with Crippen molar-refractivity contribution in [1.82, 2.24) is 10.6 Å². The molecule has 0 aromatic rings. The summed E-state index contributed by atoms with van der Waals surface area (Å²) in [6.45, 7) is 6.65. The van der Waals surface area contributed by atoms with Crippen LogP contribution in [0.1, 0.15) is 34.1 Å². The minimum absolute atomic E-state index is 0.143. The van der Waals surface area contributed by atoms with E-state index >= 15 is 0 Å². The highest BCUT2D eigenvalue weighted by Crippen LogP contribution is 2.08. The summed E-state index contributed by atoms with van der Waals surface area (Å²) in [4.78, 5) is 33.3. The summed E-state index contributed by atoms with van der Waals surface area (Å²) in [7, 11) is 0. The SMILES string of the molecule is CC(C)C(NC(=O)NC(C)(C)CC(=O)O)C(N)=O. The van der Waals surface area contributed by atoms with Crippen LogP contribution in [-0.2, 0) is 9.59 Å². The van der Waals surface area contributed by atoms with Gasteiger partial charge < -0.3 is 21.5 Å². The van der Waals surface area contributed by atoms with Gasteiger partial charge in [0.2, 0.25) is 5.91 Å². The molecule has 0 fully saturated rings. The highest BCUT2D eigenvalue weighted by molar-refractivity contribution is 5.86. The molecule has 3 amide bonds. The molecule has 0 saturated heterocycles. The van der Waals surface area contributed by atoms with Gasteiger partial charge in [-0.1, -0.05) is 13.8 Å². The van der Waals surface area contributed by atoms with Crippen LogP contribution in [0.4, 0.5) is 4.79 Å². The second-order valence-corrected chi connectivity index (χ2v) is 5.18. The maximum atomic E-state index is 11.6. The Balaban J connectivity index is 4.50. The maximum absolute atomic E-state index is 11.6. The Bertz CT molecular complexity index is 339.